The highest BCUT2D eigenvalue weighted by Gasteiger charge is 2.35. The third-order valence-electron chi connectivity index (χ3n) is 6.12. The lowest BCUT2D eigenvalue weighted by Gasteiger charge is -2.16. The molecule has 1 aliphatic heterocycles. The molecule has 1 atom stereocenters. The number of carbonyl (C=O) groups excluding carboxylic acids is 2. The Bertz CT molecular complexity index is 1500. The van der Waals surface area contributed by atoms with Crippen molar-refractivity contribution in [2.45, 2.75) is 19.5 Å². The second-order valence-electron chi connectivity index (χ2n) is 8.59. The van der Waals surface area contributed by atoms with Gasteiger partial charge in [-0.25, -0.2) is 18.4 Å². The topological polar surface area (TPSA) is 102 Å². The van der Waals surface area contributed by atoms with Crippen molar-refractivity contribution in [2.75, 3.05) is 18.0 Å². The minimum atomic E-state index is -0.523. The van der Waals surface area contributed by atoms with E-state index in [1.54, 1.807) is 12.1 Å². The highest BCUT2D eigenvalue weighted by Crippen LogP contribution is 2.25. The van der Waals surface area contributed by atoms with E-state index >= 15 is 0 Å². The summed E-state index contributed by atoms with van der Waals surface area (Å²) >= 11 is 0. The minimum Gasteiger partial charge on any atom is -0.354 e. The van der Waals surface area contributed by atoms with Gasteiger partial charge in [0.05, 0.1) is 25.2 Å². The van der Waals surface area contributed by atoms with Crippen molar-refractivity contribution in [2.24, 2.45) is 5.92 Å². The van der Waals surface area contributed by atoms with E-state index in [4.69, 9.17) is 0 Å². The Morgan fingerprint density at radius 1 is 1.08 bits per heavy atom. The SMILES string of the molecule is O=C(NCCn1ncc2c(=O)n(Cc3cccc(F)c3)cnc21)C1CC(=O)N(c2ccc(F)cc2)C1. The first-order valence-electron chi connectivity index (χ1n) is 11.4. The molecule has 3 heterocycles. The number of rotatable bonds is 7. The summed E-state index contributed by atoms with van der Waals surface area (Å²) in [6.45, 7) is 0.895. The van der Waals surface area contributed by atoms with Gasteiger partial charge in [0.1, 0.15) is 23.3 Å². The van der Waals surface area contributed by atoms with Gasteiger partial charge in [-0.2, -0.15) is 5.10 Å². The van der Waals surface area contributed by atoms with Crippen LogP contribution in [0.15, 0.2) is 65.8 Å². The van der Waals surface area contributed by atoms with Crippen molar-refractivity contribution < 1.29 is 18.4 Å². The van der Waals surface area contributed by atoms with E-state index in [9.17, 15) is 23.2 Å². The van der Waals surface area contributed by atoms with Crippen molar-refractivity contribution in [1.82, 2.24) is 24.6 Å². The van der Waals surface area contributed by atoms with Crippen LogP contribution >= 0.6 is 0 Å². The summed E-state index contributed by atoms with van der Waals surface area (Å²) in [5, 5.41) is 7.34. The van der Waals surface area contributed by atoms with E-state index < -0.39 is 11.7 Å². The number of fused-ring (bicyclic) bond motifs is 1. The van der Waals surface area contributed by atoms with E-state index in [1.807, 2.05) is 0 Å². The quantitative estimate of drug-likeness (QED) is 0.426. The van der Waals surface area contributed by atoms with Crippen LogP contribution in [0.25, 0.3) is 11.0 Å². The summed E-state index contributed by atoms with van der Waals surface area (Å²) in [5.74, 6) is -1.76. The van der Waals surface area contributed by atoms with Gasteiger partial charge in [0, 0.05) is 25.2 Å². The van der Waals surface area contributed by atoms with Crippen LogP contribution in [0, 0.1) is 17.6 Å². The first-order chi connectivity index (χ1) is 17.4. The Hall–Kier alpha value is -4.41. The normalized spacial score (nSPS) is 15.6. The van der Waals surface area contributed by atoms with Crippen LogP contribution in [0.5, 0.6) is 0 Å². The maximum Gasteiger partial charge on any atom is 0.264 e. The van der Waals surface area contributed by atoms with Gasteiger partial charge in [-0.05, 0) is 42.0 Å². The van der Waals surface area contributed by atoms with Gasteiger partial charge in [-0.3, -0.25) is 19.0 Å². The fourth-order valence-corrected chi connectivity index (χ4v) is 4.29. The standard InChI is InChI=1S/C25H22F2N6O3/c26-18-4-6-20(7-5-18)32-14-17(11-22(32)34)24(35)28-8-9-33-23-21(12-30-33)25(36)31(15-29-23)13-16-2-1-3-19(27)10-16/h1-7,10,12,15,17H,8-9,11,13-14H2,(H,28,35). The van der Waals surface area contributed by atoms with Crippen molar-refractivity contribution in [3.63, 3.8) is 0 Å². The lowest BCUT2D eigenvalue weighted by atomic mass is 10.1. The zero-order chi connectivity index (χ0) is 25.2. The van der Waals surface area contributed by atoms with Gasteiger partial charge in [0.25, 0.3) is 5.56 Å². The molecule has 1 fully saturated rings. The summed E-state index contributed by atoms with van der Waals surface area (Å²) in [4.78, 5) is 43.6. The predicted octanol–water partition coefficient (Wildman–Crippen LogP) is 2.09. The molecule has 0 radical (unpaired) electrons. The van der Waals surface area contributed by atoms with Crippen LogP contribution in [-0.2, 0) is 22.7 Å². The molecule has 2 aromatic carbocycles. The monoisotopic (exact) mass is 492 g/mol. The first-order valence-corrected chi connectivity index (χ1v) is 11.4. The van der Waals surface area contributed by atoms with Crippen LogP contribution in [0.1, 0.15) is 12.0 Å². The summed E-state index contributed by atoms with van der Waals surface area (Å²) in [5.41, 5.74) is 1.26. The van der Waals surface area contributed by atoms with E-state index in [0.29, 0.717) is 22.3 Å². The molecule has 1 aliphatic rings. The molecular weight excluding hydrogens is 470 g/mol. The molecule has 1 unspecified atom stereocenters. The molecule has 2 aromatic heterocycles. The smallest absolute Gasteiger partial charge is 0.264 e. The summed E-state index contributed by atoms with van der Waals surface area (Å²) < 4.78 is 29.5. The zero-order valence-electron chi connectivity index (χ0n) is 19.1. The lowest BCUT2D eigenvalue weighted by molar-refractivity contribution is -0.126. The third-order valence-corrected chi connectivity index (χ3v) is 6.12. The van der Waals surface area contributed by atoms with Crippen molar-refractivity contribution in [3.8, 4) is 0 Å². The molecule has 0 spiro atoms. The van der Waals surface area contributed by atoms with Gasteiger partial charge in [-0.15, -0.1) is 0 Å². The predicted molar refractivity (Wildman–Crippen MR) is 127 cm³/mol. The number of carbonyl (C=O) groups is 2. The molecule has 4 aromatic rings. The Kier molecular flexibility index (Phi) is 6.28. The number of benzene rings is 2. The Morgan fingerprint density at radius 2 is 1.89 bits per heavy atom. The Balaban J connectivity index is 1.20. The van der Waals surface area contributed by atoms with E-state index in [-0.39, 0.29) is 55.8 Å². The highest BCUT2D eigenvalue weighted by atomic mass is 19.1. The van der Waals surface area contributed by atoms with Crippen LogP contribution in [-0.4, -0.2) is 44.2 Å². The van der Waals surface area contributed by atoms with Gasteiger partial charge in [0.2, 0.25) is 11.8 Å². The number of nitrogens with zero attached hydrogens (tertiary/aromatic N) is 5. The van der Waals surface area contributed by atoms with Gasteiger partial charge >= 0.3 is 0 Å². The molecule has 0 aliphatic carbocycles. The van der Waals surface area contributed by atoms with Crippen molar-refractivity contribution in [1.29, 1.82) is 0 Å². The minimum absolute atomic E-state index is 0.0698. The van der Waals surface area contributed by atoms with Gasteiger partial charge < -0.3 is 10.2 Å². The first kappa shape index (κ1) is 23.3. The average Bonchev–Trinajstić information content (AvgIpc) is 3.45. The fourth-order valence-electron chi connectivity index (χ4n) is 4.29. The van der Waals surface area contributed by atoms with Crippen molar-refractivity contribution >= 4 is 28.5 Å². The average molecular weight is 492 g/mol. The van der Waals surface area contributed by atoms with Crippen LogP contribution in [0.4, 0.5) is 14.5 Å². The molecule has 184 valence electrons. The molecule has 9 nitrogen and oxygen atoms in total. The highest BCUT2D eigenvalue weighted by molar-refractivity contribution is 6.00. The summed E-state index contributed by atoms with van der Waals surface area (Å²) in [6, 6.07) is 11.6. The fraction of sp³-hybridized carbons (Fsp3) is 0.240. The summed E-state index contributed by atoms with van der Waals surface area (Å²) in [7, 11) is 0. The molecular formula is C25H22F2N6O3. The number of hydrogen-bond donors (Lipinski definition) is 1. The number of aromatic nitrogens is 4. The maximum atomic E-state index is 13.5. The Morgan fingerprint density at radius 3 is 2.67 bits per heavy atom. The van der Waals surface area contributed by atoms with Crippen LogP contribution in [0.3, 0.4) is 0 Å². The second-order valence-corrected chi connectivity index (χ2v) is 8.59. The third kappa shape index (κ3) is 4.72. The number of hydrogen-bond acceptors (Lipinski definition) is 5. The molecule has 1 saturated heterocycles. The van der Waals surface area contributed by atoms with Crippen molar-refractivity contribution in [3.05, 3.63) is 88.6 Å². The maximum absolute atomic E-state index is 13.5. The molecule has 0 saturated carbocycles. The number of anilines is 1. The molecule has 2 amide bonds. The van der Waals surface area contributed by atoms with Gasteiger partial charge in [0.15, 0.2) is 5.65 Å². The molecule has 0 bridgehead atoms. The van der Waals surface area contributed by atoms with E-state index in [0.717, 1.165) is 0 Å². The number of nitrogens with one attached hydrogen (secondary N) is 1. The number of amides is 2. The summed E-state index contributed by atoms with van der Waals surface area (Å²) in [6.07, 6.45) is 2.88. The number of halogens is 2. The second kappa shape index (κ2) is 9.68. The lowest BCUT2D eigenvalue weighted by Crippen LogP contribution is -2.35. The van der Waals surface area contributed by atoms with Gasteiger partial charge in [-0.1, -0.05) is 12.1 Å². The molecule has 5 rings (SSSR count). The van der Waals surface area contributed by atoms with E-state index in [2.05, 4.69) is 15.4 Å². The molecule has 36 heavy (non-hydrogen) atoms. The van der Waals surface area contributed by atoms with Crippen LogP contribution in [0.2, 0.25) is 0 Å². The van der Waals surface area contributed by atoms with Crippen LogP contribution < -0.4 is 15.8 Å². The zero-order valence-corrected chi connectivity index (χ0v) is 19.1. The molecule has 1 N–H and O–H groups in total. The molecule has 11 heteroatoms. The Labute approximate surface area is 204 Å². The van der Waals surface area contributed by atoms with E-state index in [1.165, 1.54) is 63.1 Å². The largest absolute Gasteiger partial charge is 0.354 e.